The van der Waals surface area contributed by atoms with Gasteiger partial charge in [0.25, 0.3) is 15.9 Å². The highest BCUT2D eigenvalue weighted by molar-refractivity contribution is 7.90. The second-order valence-corrected chi connectivity index (χ2v) is 13.0. The highest BCUT2D eigenvalue weighted by atomic mass is 35.5. The Kier molecular flexibility index (Phi) is 7.73. The molecule has 40 heavy (non-hydrogen) atoms. The minimum absolute atomic E-state index is 0.132. The van der Waals surface area contributed by atoms with Gasteiger partial charge in [0.15, 0.2) is 16.2 Å². The van der Waals surface area contributed by atoms with E-state index in [1.165, 1.54) is 29.5 Å². The molecule has 2 saturated carbocycles. The summed E-state index contributed by atoms with van der Waals surface area (Å²) in [7, 11) is -4.41. The number of aromatic nitrogens is 1. The van der Waals surface area contributed by atoms with Crippen LogP contribution in [0.4, 0.5) is 19.0 Å². The summed E-state index contributed by atoms with van der Waals surface area (Å²) in [4.78, 5) is 18.8. The number of piperidine rings is 1. The van der Waals surface area contributed by atoms with E-state index in [4.69, 9.17) is 16.3 Å². The van der Waals surface area contributed by atoms with Gasteiger partial charge >= 0.3 is 6.18 Å². The number of sulfonamides is 1. The lowest BCUT2D eigenvalue weighted by molar-refractivity contribution is -0.266. The van der Waals surface area contributed by atoms with E-state index in [0.717, 1.165) is 31.2 Å². The summed E-state index contributed by atoms with van der Waals surface area (Å²) in [5.74, 6) is 0.0708. The lowest BCUT2D eigenvalue weighted by Gasteiger charge is -2.39. The normalized spacial score (nSPS) is 21.1. The number of benzene rings is 1. The number of pyridine rings is 1. The Morgan fingerprint density at radius 2 is 1.75 bits per heavy atom. The van der Waals surface area contributed by atoms with Crippen LogP contribution in [0.1, 0.15) is 69.3 Å². The summed E-state index contributed by atoms with van der Waals surface area (Å²) < 4.78 is 74.0. The molecule has 3 aliphatic rings. The van der Waals surface area contributed by atoms with E-state index >= 15 is 0 Å². The van der Waals surface area contributed by atoms with E-state index in [1.807, 2.05) is 6.07 Å². The Balaban J connectivity index is 1.29. The molecule has 2 heterocycles. The van der Waals surface area contributed by atoms with Crippen LogP contribution in [0.2, 0.25) is 5.02 Å². The van der Waals surface area contributed by atoms with Gasteiger partial charge in [0.2, 0.25) is 0 Å². The molecule has 1 aromatic heterocycles. The average molecular weight is 602 g/mol. The van der Waals surface area contributed by atoms with Crippen LogP contribution in [-0.4, -0.2) is 54.9 Å². The summed E-state index contributed by atoms with van der Waals surface area (Å²) >= 11 is 6.23. The number of nitrogens with one attached hydrogen (secondary N) is 1. The number of carbonyl (C=O) groups is 1. The molecule has 218 valence electrons. The number of alkyl halides is 3. The first-order valence-corrected chi connectivity index (χ1v) is 15.2. The molecule has 2 N–H and O–H groups in total. The molecule has 1 aliphatic heterocycles. The summed E-state index contributed by atoms with van der Waals surface area (Å²) in [5, 5.41) is 9.92. The summed E-state index contributed by atoms with van der Waals surface area (Å²) in [6, 6.07) is 9.43. The van der Waals surface area contributed by atoms with Crippen molar-refractivity contribution in [3.05, 3.63) is 47.0 Å². The van der Waals surface area contributed by atoms with E-state index in [2.05, 4.69) is 9.71 Å². The summed E-state index contributed by atoms with van der Waals surface area (Å²) in [6.07, 6.45) is 0.129. The zero-order chi connectivity index (χ0) is 28.8. The molecule has 8 nitrogen and oxygen atoms in total. The van der Waals surface area contributed by atoms with Gasteiger partial charge < -0.3 is 14.7 Å². The third-order valence-corrected chi connectivity index (χ3v) is 9.56. The van der Waals surface area contributed by atoms with Crippen LogP contribution in [0.15, 0.2) is 41.4 Å². The molecule has 0 unspecified atom stereocenters. The predicted octanol–water partition coefficient (Wildman–Crippen LogP) is 5.09. The SMILES string of the molecule is O=C(NS(=O)(=O)c1cccc(N2CCC(O)(C(F)(F)F)CC2)n1)C1(Oc2cc(Cl)ccc2C2CCCCC2)CC1. The van der Waals surface area contributed by atoms with Gasteiger partial charge in [-0.1, -0.05) is 43.0 Å². The van der Waals surface area contributed by atoms with Crippen molar-refractivity contribution in [3.63, 3.8) is 0 Å². The van der Waals surface area contributed by atoms with E-state index < -0.39 is 51.2 Å². The zero-order valence-electron chi connectivity index (χ0n) is 21.7. The maximum Gasteiger partial charge on any atom is 0.417 e. The smallest absolute Gasteiger partial charge is 0.417 e. The van der Waals surface area contributed by atoms with Crippen LogP contribution in [0.25, 0.3) is 0 Å². The molecule has 13 heteroatoms. The Morgan fingerprint density at radius 1 is 1.07 bits per heavy atom. The fourth-order valence-electron chi connectivity index (χ4n) is 5.43. The minimum atomic E-state index is -4.76. The van der Waals surface area contributed by atoms with Crippen LogP contribution in [0, 0.1) is 0 Å². The molecule has 0 radical (unpaired) electrons. The standard InChI is InChI=1S/C27H31ClF3N3O5S/c28-19-9-10-20(18-5-2-1-3-6-18)21(17-19)39-25(11-12-25)24(35)33-40(37,38)23-8-4-7-22(32-23)34-15-13-26(36,14-16-34)27(29,30)31/h4,7-10,17-18,36H,1-3,5-6,11-16H2,(H,33,35). The van der Waals surface area contributed by atoms with Gasteiger partial charge in [-0.25, -0.2) is 9.71 Å². The second-order valence-electron chi connectivity index (χ2n) is 10.9. The Bertz CT molecular complexity index is 1370. The van der Waals surface area contributed by atoms with Crippen molar-refractivity contribution in [2.45, 2.75) is 86.1 Å². The van der Waals surface area contributed by atoms with Gasteiger partial charge in [-0.05, 0) is 48.6 Å². The number of halogens is 4. The number of amides is 1. The molecule has 5 rings (SSSR count). The largest absolute Gasteiger partial charge is 0.477 e. The van der Waals surface area contributed by atoms with Gasteiger partial charge in [0.1, 0.15) is 11.6 Å². The first kappa shape index (κ1) is 28.9. The van der Waals surface area contributed by atoms with Crippen LogP contribution in [0.3, 0.4) is 0 Å². The third kappa shape index (κ3) is 5.89. The molecule has 1 amide bonds. The average Bonchev–Trinajstić information content (AvgIpc) is 3.70. The first-order valence-electron chi connectivity index (χ1n) is 13.4. The Hall–Kier alpha value is -2.57. The van der Waals surface area contributed by atoms with Crippen molar-refractivity contribution in [3.8, 4) is 5.75 Å². The number of ether oxygens (including phenoxy) is 1. The summed E-state index contributed by atoms with van der Waals surface area (Å²) in [6.45, 7) is -0.336. The number of carbonyl (C=O) groups excluding carboxylic acids is 1. The number of anilines is 1. The minimum Gasteiger partial charge on any atom is -0.477 e. The monoisotopic (exact) mass is 601 g/mol. The van der Waals surface area contributed by atoms with Crippen LogP contribution >= 0.6 is 11.6 Å². The van der Waals surface area contributed by atoms with Gasteiger partial charge in [0, 0.05) is 43.8 Å². The molecule has 2 aliphatic carbocycles. The summed E-state index contributed by atoms with van der Waals surface area (Å²) in [5.41, 5.74) is -3.19. The predicted molar refractivity (Wildman–Crippen MR) is 142 cm³/mol. The third-order valence-electron chi connectivity index (χ3n) is 8.10. The van der Waals surface area contributed by atoms with Crippen molar-refractivity contribution >= 4 is 33.3 Å². The first-order chi connectivity index (χ1) is 18.8. The fourth-order valence-corrected chi connectivity index (χ4v) is 6.60. The number of aliphatic hydroxyl groups is 1. The zero-order valence-corrected chi connectivity index (χ0v) is 23.3. The molecule has 0 bridgehead atoms. The topological polar surface area (TPSA) is 109 Å². The molecule has 1 aromatic carbocycles. The van der Waals surface area contributed by atoms with Crippen molar-refractivity contribution in [1.82, 2.24) is 9.71 Å². The number of rotatable bonds is 7. The molecule has 3 fully saturated rings. The van der Waals surface area contributed by atoms with Crippen molar-refractivity contribution < 1.29 is 36.2 Å². The number of nitrogens with zero attached hydrogens (tertiary/aromatic N) is 2. The Labute approximate surface area is 235 Å². The van der Waals surface area contributed by atoms with E-state index in [9.17, 15) is 31.5 Å². The number of hydrogen-bond acceptors (Lipinski definition) is 7. The van der Waals surface area contributed by atoms with E-state index in [-0.39, 0.29) is 24.8 Å². The highest BCUT2D eigenvalue weighted by Crippen LogP contribution is 2.46. The van der Waals surface area contributed by atoms with Gasteiger partial charge in [-0.3, -0.25) is 4.79 Å². The maximum absolute atomic E-state index is 13.2. The lowest BCUT2D eigenvalue weighted by atomic mass is 9.83. The molecular formula is C27H31ClF3N3O5S. The van der Waals surface area contributed by atoms with Gasteiger partial charge in [0.05, 0.1) is 0 Å². The Morgan fingerprint density at radius 3 is 2.38 bits per heavy atom. The van der Waals surface area contributed by atoms with Crippen LogP contribution in [-0.2, 0) is 14.8 Å². The van der Waals surface area contributed by atoms with Crippen LogP contribution < -0.4 is 14.4 Å². The maximum atomic E-state index is 13.2. The number of hydrogen-bond donors (Lipinski definition) is 2. The molecular weight excluding hydrogens is 571 g/mol. The van der Waals surface area contributed by atoms with Crippen molar-refractivity contribution in [1.29, 1.82) is 0 Å². The van der Waals surface area contributed by atoms with Crippen LogP contribution in [0.5, 0.6) is 5.75 Å². The molecule has 0 atom stereocenters. The highest BCUT2D eigenvalue weighted by Gasteiger charge is 2.55. The van der Waals surface area contributed by atoms with E-state index in [0.29, 0.717) is 23.6 Å². The van der Waals surface area contributed by atoms with Gasteiger partial charge in [-0.2, -0.15) is 21.6 Å². The molecule has 2 aromatic rings. The quantitative estimate of drug-likeness (QED) is 0.455. The van der Waals surface area contributed by atoms with Crippen molar-refractivity contribution in [2.24, 2.45) is 0 Å². The second kappa shape index (κ2) is 10.7. The fraction of sp³-hybridized carbons (Fsp3) is 0.556. The van der Waals surface area contributed by atoms with Crippen molar-refractivity contribution in [2.75, 3.05) is 18.0 Å². The molecule has 1 saturated heterocycles. The van der Waals surface area contributed by atoms with Gasteiger partial charge in [-0.15, -0.1) is 0 Å². The lowest BCUT2D eigenvalue weighted by Crippen LogP contribution is -2.53. The molecule has 0 spiro atoms. The van der Waals surface area contributed by atoms with E-state index in [1.54, 1.807) is 12.1 Å².